The van der Waals surface area contributed by atoms with Crippen molar-refractivity contribution in [2.75, 3.05) is 19.8 Å². The number of hydrogen-bond acceptors (Lipinski definition) is 13. The van der Waals surface area contributed by atoms with Crippen LogP contribution < -0.4 is 0 Å². The molecule has 11 N–H and O–H groups in total. The monoisotopic (exact) mass is 496 g/mol. The molecule has 2 fully saturated rings. The Hall–Kier alpha value is -0.780. The van der Waals surface area contributed by atoms with Gasteiger partial charge >= 0.3 is 0 Å². The summed E-state index contributed by atoms with van der Waals surface area (Å²) >= 11 is 0. The van der Waals surface area contributed by atoms with Gasteiger partial charge in [-0.25, -0.2) is 0 Å². The fourth-order valence-corrected chi connectivity index (χ4v) is 5.19. The van der Waals surface area contributed by atoms with Crippen LogP contribution in [0.25, 0.3) is 0 Å². The van der Waals surface area contributed by atoms with Gasteiger partial charge in [-0.15, -0.1) is 0 Å². The van der Waals surface area contributed by atoms with Crippen molar-refractivity contribution in [3.8, 4) is 0 Å². The molecule has 2 unspecified atom stereocenters. The van der Waals surface area contributed by atoms with Gasteiger partial charge in [0, 0.05) is 18.4 Å². The van der Waals surface area contributed by atoms with E-state index in [0.29, 0.717) is 0 Å². The van der Waals surface area contributed by atoms with Crippen molar-refractivity contribution >= 4 is 0 Å². The van der Waals surface area contributed by atoms with Crippen LogP contribution in [-0.2, 0) is 9.47 Å². The van der Waals surface area contributed by atoms with E-state index in [0.717, 1.165) is 0 Å². The molecule has 1 heterocycles. The Morgan fingerprint density at radius 3 is 2.00 bits per heavy atom. The lowest BCUT2D eigenvalue weighted by molar-refractivity contribution is -0.329. The first-order valence-electron chi connectivity index (χ1n) is 11.3. The standard InChI is InChI=1S/C21H36O13/c22-4-9-2-7(12(25)16(29)14(9)27)1-8-3-10(5-23)20(18(31)13(8)26)34-21-19(32)17(30)15(28)11(6-24)33-21/h2,7-8,10-32H,1,3-6H2/t7-,8?,10+,11+,12-,13-,14+,15+,16+,17-,18+,19+,20+,21?/m0/s1. The highest BCUT2D eigenvalue weighted by Gasteiger charge is 2.50. The maximum Gasteiger partial charge on any atom is 0.187 e. The Morgan fingerprint density at radius 1 is 0.735 bits per heavy atom. The second-order valence-corrected chi connectivity index (χ2v) is 9.44. The molecule has 0 aromatic carbocycles. The molecule has 13 nitrogen and oxygen atoms in total. The Balaban J connectivity index is 1.73. The molecule has 3 aliphatic rings. The normalized spacial score (nSPS) is 50.1. The zero-order chi connectivity index (χ0) is 25.3. The Kier molecular flexibility index (Phi) is 9.42. The third kappa shape index (κ3) is 5.32. The minimum atomic E-state index is -1.73. The molecular formula is C21H36O13. The van der Waals surface area contributed by atoms with Crippen LogP contribution in [0.2, 0.25) is 0 Å². The van der Waals surface area contributed by atoms with Crippen LogP contribution in [0.3, 0.4) is 0 Å². The van der Waals surface area contributed by atoms with Crippen molar-refractivity contribution in [1.82, 2.24) is 0 Å². The summed E-state index contributed by atoms with van der Waals surface area (Å²) in [5, 5.41) is 111. The molecule has 0 spiro atoms. The first kappa shape index (κ1) is 27.8. The molecule has 14 atom stereocenters. The fraction of sp³-hybridized carbons (Fsp3) is 0.905. The SMILES string of the molecule is OCC1=C[C@H](CC2C[C@H](CO)[C@@H](OC3O[C@H](CO)[C@@H](O)[C@H](O)[C@H]3O)[C@H](O)[C@H]2O)[C@H](O)[C@@H](O)[C@@H]1O. The number of aliphatic hydroxyl groups excluding tert-OH is 11. The molecule has 0 amide bonds. The molecule has 1 saturated carbocycles. The van der Waals surface area contributed by atoms with Crippen molar-refractivity contribution in [2.24, 2.45) is 17.8 Å². The number of aliphatic hydroxyl groups is 11. The van der Waals surface area contributed by atoms with Crippen LogP contribution in [0.5, 0.6) is 0 Å². The maximum atomic E-state index is 10.8. The Morgan fingerprint density at radius 2 is 1.41 bits per heavy atom. The van der Waals surface area contributed by atoms with E-state index in [1.54, 1.807) is 0 Å². The van der Waals surface area contributed by atoms with E-state index in [9.17, 15) is 56.2 Å². The molecule has 2 aliphatic carbocycles. The summed E-state index contributed by atoms with van der Waals surface area (Å²) in [7, 11) is 0. The van der Waals surface area contributed by atoms with Crippen molar-refractivity contribution in [2.45, 2.75) is 80.2 Å². The van der Waals surface area contributed by atoms with Gasteiger partial charge in [0.15, 0.2) is 6.29 Å². The number of rotatable bonds is 7. The summed E-state index contributed by atoms with van der Waals surface area (Å²) in [4.78, 5) is 0. The van der Waals surface area contributed by atoms with Crippen molar-refractivity contribution in [1.29, 1.82) is 0 Å². The number of hydrogen-bond donors (Lipinski definition) is 11. The molecule has 198 valence electrons. The molecule has 1 aliphatic heterocycles. The van der Waals surface area contributed by atoms with Gasteiger partial charge < -0.3 is 65.6 Å². The van der Waals surface area contributed by atoms with Gasteiger partial charge in [-0.3, -0.25) is 0 Å². The van der Waals surface area contributed by atoms with Crippen LogP contribution in [0.1, 0.15) is 12.8 Å². The maximum absolute atomic E-state index is 10.8. The summed E-state index contributed by atoms with van der Waals surface area (Å²) in [5.41, 5.74) is 0.121. The predicted octanol–water partition coefficient (Wildman–Crippen LogP) is -5.46. The van der Waals surface area contributed by atoms with E-state index < -0.39 is 105 Å². The van der Waals surface area contributed by atoms with Crippen LogP contribution >= 0.6 is 0 Å². The molecule has 0 aromatic rings. The summed E-state index contributed by atoms with van der Waals surface area (Å²) in [6, 6.07) is 0. The van der Waals surface area contributed by atoms with E-state index in [1.807, 2.05) is 0 Å². The Labute approximate surface area is 195 Å². The lowest BCUT2D eigenvalue weighted by atomic mass is 9.70. The van der Waals surface area contributed by atoms with Crippen LogP contribution in [0, 0.1) is 17.8 Å². The zero-order valence-electron chi connectivity index (χ0n) is 18.4. The van der Waals surface area contributed by atoms with Gasteiger partial charge in [-0.2, -0.15) is 0 Å². The molecule has 3 rings (SSSR count). The van der Waals surface area contributed by atoms with E-state index in [4.69, 9.17) is 9.47 Å². The minimum absolute atomic E-state index is 0.0515. The first-order valence-corrected chi connectivity index (χ1v) is 11.3. The Bertz CT molecular complexity index is 688. The molecule has 0 aromatic heterocycles. The summed E-state index contributed by atoms with van der Waals surface area (Å²) in [5.74, 6) is -2.21. The minimum Gasteiger partial charge on any atom is -0.396 e. The van der Waals surface area contributed by atoms with Gasteiger partial charge in [-0.05, 0) is 24.3 Å². The average Bonchev–Trinajstić information content (AvgIpc) is 2.83. The second-order valence-electron chi connectivity index (χ2n) is 9.44. The smallest absolute Gasteiger partial charge is 0.187 e. The molecular weight excluding hydrogens is 460 g/mol. The third-order valence-corrected chi connectivity index (χ3v) is 7.29. The predicted molar refractivity (Wildman–Crippen MR) is 111 cm³/mol. The quantitative estimate of drug-likeness (QED) is 0.148. The van der Waals surface area contributed by atoms with Gasteiger partial charge in [0.1, 0.15) is 42.7 Å². The van der Waals surface area contributed by atoms with Crippen molar-refractivity contribution in [3.63, 3.8) is 0 Å². The molecule has 34 heavy (non-hydrogen) atoms. The molecule has 13 heteroatoms. The topological polar surface area (TPSA) is 241 Å². The van der Waals surface area contributed by atoms with Crippen molar-refractivity contribution in [3.05, 3.63) is 11.6 Å². The summed E-state index contributed by atoms with van der Waals surface area (Å²) in [6.07, 6.45) is -14.9. The van der Waals surface area contributed by atoms with Crippen LogP contribution in [0.15, 0.2) is 11.6 Å². The summed E-state index contributed by atoms with van der Waals surface area (Å²) in [6.45, 7) is -1.71. The van der Waals surface area contributed by atoms with E-state index in [1.165, 1.54) is 6.08 Å². The summed E-state index contributed by atoms with van der Waals surface area (Å²) < 4.78 is 10.9. The van der Waals surface area contributed by atoms with Gasteiger partial charge in [0.05, 0.1) is 31.5 Å². The molecule has 0 radical (unpaired) electrons. The fourth-order valence-electron chi connectivity index (χ4n) is 5.19. The van der Waals surface area contributed by atoms with E-state index in [-0.39, 0.29) is 18.4 Å². The highest BCUT2D eigenvalue weighted by Crippen LogP contribution is 2.39. The lowest BCUT2D eigenvalue weighted by Gasteiger charge is -2.47. The van der Waals surface area contributed by atoms with E-state index >= 15 is 0 Å². The highest BCUT2D eigenvalue weighted by atomic mass is 16.7. The van der Waals surface area contributed by atoms with Crippen LogP contribution in [0.4, 0.5) is 0 Å². The molecule has 1 saturated heterocycles. The van der Waals surface area contributed by atoms with Gasteiger partial charge in [0.2, 0.25) is 0 Å². The van der Waals surface area contributed by atoms with Gasteiger partial charge in [0.25, 0.3) is 0 Å². The highest BCUT2D eigenvalue weighted by molar-refractivity contribution is 5.19. The largest absolute Gasteiger partial charge is 0.396 e. The first-order chi connectivity index (χ1) is 16.0. The second kappa shape index (κ2) is 11.5. The van der Waals surface area contributed by atoms with Gasteiger partial charge in [-0.1, -0.05) is 6.08 Å². The van der Waals surface area contributed by atoms with E-state index in [2.05, 4.69) is 0 Å². The van der Waals surface area contributed by atoms with Crippen molar-refractivity contribution < 1.29 is 65.6 Å². The zero-order valence-corrected chi connectivity index (χ0v) is 18.4. The lowest BCUT2D eigenvalue weighted by Crippen LogP contribution is -2.62. The van der Waals surface area contributed by atoms with Crippen LogP contribution in [-0.4, -0.2) is 143 Å². The average molecular weight is 497 g/mol. The third-order valence-electron chi connectivity index (χ3n) is 7.29. The molecule has 0 bridgehead atoms. The number of ether oxygens (including phenoxy) is 2.